The summed E-state index contributed by atoms with van der Waals surface area (Å²) in [6, 6.07) is 9.51. The molecule has 0 amide bonds. The van der Waals surface area contributed by atoms with Crippen LogP contribution in [0.3, 0.4) is 0 Å². The van der Waals surface area contributed by atoms with Crippen molar-refractivity contribution in [2.45, 2.75) is 45.1 Å². The molecule has 28 heavy (non-hydrogen) atoms. The summed E-state index contributed by atoms with van der Waals surface area (Å²) in [5.41, 5.74) is 3.28. The average Bonchev–Trinajstić information content (AvgIpc) is 3.14. The van der Waals surface area contributed by atoms with Crippen molar-refractivity contribution in [1.82, 2.24) is 9.80 Å². The number of nitrogens with zero attached hydrogens (tertiary/aromatic N) is 2. The molecule has 1 aromatic rings. The molecule has 0 radical (unpaired) electrons. The molecule has 0 unspecified atom stereocenters. The van der Waals surface area contributed by atoms with E-state index >= 15 is 0 Å². The predicted octanol–water partition coefficient (Wildman–Crippen LogP) is 2.11. The summed E-state index contributed by atoms with van der Waals surface area (Å²) in [7, 11) is 0. The first-order valence-corrected chi connectivity index (χ1v) is 10.9. The van der Waals surface area contributed by atoms with Crippen molar-refractivity contribution in [2.75, 3.05) is 45.9 Å². The zero-order chi connectivity index (χ0) is 19.6. The summed E-state index contributed by atoms with van der Waals surface area (Å²) in [4.78, 5) is 16.7. The van der Waals surface area contributed by atoms with E-state index in [1.807, 2.05) is 6.92 Å². The Bertz CT molecular complexity index is 659. The number of piperidine rings is 2. The van der Waals surface area contributed by atoms with Crippen molar-refractivity contribution >= 4 is 5.97 Å². The maximum atomic E-state index is 11.8. The molecule has 4 rings (SSSR count). The number of aliphatic hydroxyl groups excluding tert-OH is 1. The molecule has 2 heterocycles. The van der Waals surface area contributed by atoms with Gasteiger partial charge < -0.3 is 9.84 Å². The molecule has 1 spiro atoms. The zero-order valence-electron chi connectivity index (χ0n) is 17.1. The number of benzene rings is 1. The largest absolute Gasteiger partial charge is 0.465 e. The van der Waals surface area contributed by atoms with Gasteiger partial charge in [-0.1, -0.05) is 24.3 Å². The number of rotatable bonds is 5. The van der Waals surface area contributed by atoms with E-state index in [0.717, 1.165) is 45.4 Å². The smallest absolute Gasteiger partial charge is 0.320 e. The molecule has 154 valence electrons. The molecule has 1 atom stereocenters. The Kier molecular flexibility index (Phi) is 6.04. The van der Waals surface area contributed by atoms with Crippen LogP contribution in [-0.2, 0) is 22.4 Å². The van der Waals surface area contributed by atoms with Gasteiger partial charge in [-0.3, -0.25) is 14.6 Å². The van der Waals surface area contributed by atoms with Crippen molar-refractivity contribution in [3.63, 3.8) is 0 Å². The molecule has 1 aliphatic carbocycles. The fourth-order valence-electron chi connectivity index (χ4n) is 5.75. The number of likely N-dealkylation sites (tertiary alicyclic amines) is 2. The summed E-state index contributed by atoms with van der Waals surface area (Å²) >= 11 is 0. The van der Waals surface area contributed by atoms with Crippen molar-refractivity contribution in [3.05, 3.63) is 35.4 Å². The SMILES string of the molecule is CCOC(=O)CN1CCC2(CCN(C3Cc4ccccc4C3)CC2)[C@@H](CO)C1. The normalized spacial score (nSPS) is 25.7. The van der Waals surface area contributed by atoms with Gasteiger partial charge in [0, 0.05) is 25.1 Å². The van der Waals surface area contributed by atoms with Crippen molar-refractivity contribution in [3.8, 4) is 0 Å². The summed E-state index contributed by atoms with van der Waals surface area (Å²) in [6.45, 7) is 6.85. The number of fused-ring (bicyclic) bond motifs is 1. The maximum absolute atomic E-state index is 11.8. The first-order valence-electron chi connectivity index (χ1n) is 10.9. The van der Waals surface area contributed by atoms with E-state index in [0.29, 0.717) is 19.2 Å². The number of carbonyl (C=O) groups is 1. The minimum Gasteiger partial charge on any atom is -0.465 e. The van der Waals surface area contributed by atoms with Crippen LogP contribution < -0.4 is 0 Å². The third-order valence-corrected chi connectivity index (χ3v) is 7.49. The summed E-state index contributed by atoms with van der Waals surface area (Å²) < 4.78 is 5.10. The van der Waals surface area contributed by atoms with Crippen LogP contribution in [0, 0.1) is 11.3 Å². The van der Waals surface area contributed by atoms with Gasteiger partial charge in [0.2, 0.25) is 0 Å². The summed E-state index contributed by atoms with van der Waals surface area (Å²) in [5, 5.41) is 10.1. The lowest BCUT2D eigenvalue weighted by Crippen LogP contribution is -2.55. The minimum atomic E-state index is -0.147. The van der Waals surface area contributed by atoms with Gasteiger partial charge in [-0.15, -0.1) is 0 Å². The predicted molar refractivity (Wildman–Crippen MR) is 109 cm³/mol. The van der Waals surface area contributed by atoms with Gasteiger partial charge in [0.1, 0.15) is 0 Å². The lowest BCUT2D eigenvalue weighted by Gasteiger charge is -2.52. The first-order chi connectivity index (χ1) is 13.6. The van der Waals surface area contributed by atoms with Gasteiger partial charge in [0.05, 0.1) is 13.2 Å². The van der Waals surface area contributed by atoms with E-state index in [9.17, 15) is 9.90 Å². The maximum Gasteiger partial charge on any atom is 0.320 e. The monoisotopic (exact) mass is 386 g/mol. The van der Waals surface area contributed by atoms with Gasteiger partial charge >= 0.3 is 5.97 Å². The molecule has 5 nitrogen and oxygen atoms in total. The molecule has 2 saturated heterocycles. The van der Waals surface area contributed by atoms with Crippen LogP contribution in [0.15, 0.2) is 24.3 Å². The van der Waals surface area contributed by atoms with Gasteiger partial charge in [-0.25, -0.2) is 0 Å². The molecule has 2 aliphatic heterocycles. The average molecular weight is 387 g/mol. The Labute approximate surface area is 168 Å². The second-order valence-electron chi connectivity index (χ2n) is 8.90. The third kappa shape index (κ3) is 3.98. The second kappa shape index (κ2) is 8.52. The molecular formula is C23H34N2O3. The highest BCUT2D eigenvalue weighted by Crippen LogP contribution is 2.46. The molecule has 0 bridgehead atoms. The molecular weight excluding hydrogens is 352 g/mol. The van der Waals surface area contributed by atoms with Crippen molar-refractivity contribution < 1.29 is 14.6 Å². The molecule has 1 N–H and O–H groups in total. The lowest BCUT2D eigenvalue weighted by molar-refractivity contribution is -0.146. The Hall–Kier alpha value is -1.43. The number of aliphatic hydroxyl groups is 1. The third-order valence-electron chi connectivity index (χ3n) is 7.49. The Morgan fingerprint density at radius 1 is 1.14 bits per heavy atom. The lowest BCUT2D eigenvalue weighted by atomic mass is 9.64. The number of hydrogen-bond donors (Lipinski definition) is 1. The van der Waals surface area contributed by atoms with E-state index in [1.54, 1.807) is 0 Å². The van der Waals surface area contributed by atoms with E-state index in [2.05, 4.69) is 34.1 Å². The fourth-order valence-corrected chi connectivity index (χ4v) is 5.75. The highest BCUT2D eigenvalue weighted by Gasteiger charge is 2.45. The van der Waals surface area contributed by atoms with Crippen LogP contribution in [0.25, 0.3) is 0 Å². The topological polar surface area (TPSA) is 53.0 Å². The summed E-state index contributed by atoms with van der Waals surface area (Å²) in [6.07, 6.45) is 5.77. The van der Waals surface area contributed by atoms with Crippen LogP contribution in [0.5, 0.6) is 0 Å². The van der Waals surface area contributed by atoms with Crippen LogP contribution in [-0.4, -0.2) is 72.9 Å². The van der Waals surface area contributed by atoms with Gasteiger partial charge in [0.25, 0.3) is 0 Å². The Balaban J connectivity index is 1.33. The molecule has 5 heteroatoms. The Morgan fingerprint density at radius 2 is 1.79 bits per heavy atom. The van der Waals surface area contributed by atoms with Crippen LogP contribution in [0.2, 0.25) is 0 Å². The molecule has 0 saturated carbocycles. The van der Waals surface area contributed by atoms with E-state index in [4.69, 9.17) is 4.74 Å². The highest BCUT2D eigenvalue weighted by molar-refractivity contribution is 5.71. The minimum absolute atomic E-state index is 0.147. The number of hydrogen-bond acceptors (Lipinski definition) is 5. The Morgan fingerprint density at radius 3 is 2.39 bits per heavy atom. The van der Waals surface area contributed by atoms with Crippen molar-refractivity contribution in [2.24, 2.45) is 11.3 Å². The van der Waals surface area contributed by atoms with E-state index in [-0.39, 0.29) is 23.9 Å². The van der Waals surface area contributed by atoms with Crippen LogP contribution in [0.1, 0.15) is 37.3 Å². The number of ether oxygens (including phenoxy) is 1. The van der Waals surface area contributed by atoms with Crippen LogP contribution >= 0.6 is 0 Å². The van der Waals surface area contributed by atoms with E-state index < -0.39 is 0 Å². The fraction of sp³-hybridized carbons (Fsp3) is 0.696. The summed E-state index contributed by atoms with van der Waals surface area (Å²) in [5.74, 6) is 0.115. The second-order valence-corrected chi connectivity index (χ2v) is 8.90. The van der Waals surface area contributed by atoms with Gasteiger partial charge in [-0.05, 0) is 75.2 Å². The number of esters is 1. The highest BCUT2D eigenvalue weighted by atomic mass is 16.5. The molecule has 0 aromatic heterocycles. The standard InChI is InChI=1S/C23H34N2O3/c1-2-28-22(27)16-24-10-7-23(20(15-24)17-26)8-11-25(12-9-23)21-13-18-5-3-4-6-19(18)14-21/h3-6,20-21,26H,2,7-17H2,1H3/t20-/m1/s1. The van der Waals surface area contributed by atoms with Gasteiger partial charge in [0.15, 0.2) is 0 Å². The van der Waals surface area contributed by atoms with E-state index in [1.165, 1.54) is 24.0 Å². The van der Waals surface area contributed by atoms with Crippen molar-refractivity contribution in [1.29, 1.82) is 0 Å². The molecule has 2 fully saturated rings. The van der Waals surface area contributed by atoms with Gasteiger partial charge in [-0.2, -0.15) is 0 Å². The molecule has 1 aromatic carbocycles. The molecule has 3 aliphatic rings. The quantitative estimate of drug-likeness (QED) is 0.786. The first kappa shape index (κ1) is 19.9. The van der Waals surface area contributed by atoms with Crippen LogP contribution in [0.4, 0.5) is 0 Å². The number of carbonyl (C=O) groups excluding carboxylic acids is 1. The zero-order valence-corrected chi connectivity index (χ0v) is 17.1.